The fraction of sp³-hybridized carbons (Fsp3) is 0.556. The fourth-order valence-electron chi connectivity index (χ4n) is 3.58. The number of aromatic nitrogens is 3. The molecule has 1 amide bonds. The van der Waals surface area contributed by atoms with Gasteiger partial charge in [-0.1, -0.05) is 11.8 Å². The van der Waals surface area contributed by atoms with Crippen molar-refractivity contribution in [2.75, 3.05) is 43.9 Å². The first-order valence-electron chi connectivity index (χ1n) is 9.45. The average molecular weight is 422 g/mol. The van der Waals surface area contributed by atoms with E-state index >= 15 is 0 Å². The molecule has 1 fully saturated rings. The molecule has 2 aromatic rings. The first-order valence-corrected chi connectivity index (χ1v) is 11.3. The van der Waals surface area contributed by atoms with Crippen LogP contribution in [0.25, 0.3) is 0 Å². The smallest absolute Gasteiger partial charge is 0.348 e. The van der Waals surface area contributed by atoms with Crippen molar-refractivity contribution in [3.8, 4) is 0 Å². The van der Waals surface area contributed by atoms with E-state index in [2.05, 4.69) is 20.2 Å². The van der Waals surface area contributed by atoms with E-state index in [4.69, 9.17) is 4.74 Å². The molecule has 0 atom stereocenters. The molecule has 0 spiro atoms. The number of nitrogens with zero attached hydrogens (tertiary/aromatic N) is 4. The van der Waals surface area contributed by atoms with Gasteiger partial charge in [0.25, 0.3) is 0 Å². The number of anilines is 1. The normalized spacial score (nSPS) is 16.9. The molecule has 0 radical (unpaired) electrons. The highest BCUT2D eigenvalue weighted by atomic mass is 32.2. The number of hydrogen-bond donors (Lipinski definition) is 1. The molecule has 8 nitrogen and oxygen atoms in total. The molecule has 1 aliphatic heterocycles. The van der Waals surface area contributed by atoms with Gasteiger partial charge in [-0.25, -0.2) is 9.78 Å². The Bertz CT molecular complexity index is 878. The van der Waals surface area contributed by atoms with Crippen LogP contribution < -0.4 is 11.0 Å². The van der Waals surface area contributed by atoms with Gasteiger partial charge in [0.2, 0.25) is 5.91 Å². The molecule has 1 saturated heterocycles. The molecule has 28 heavy (non-hydrogen) atoms. The lowest BCUT2D eigenvalue weighted by Crippen LogP contribution is -2.40. The lowest BCUT2D eigenvalue weighted by molar-refractivity contribution is -0.113. The number of rotatable bonds is 7. The Hall–Kier alpha value is -1.75. The first-order chi connectivity index (χ1) is 13.7. The number of amides is 1. The molecule has 0 bridgehead atoms. The SMILES string of the molecule is O=C(CSc1nc(=O)n(CCN2CCOCC2)c2c1CCC2)Nc1nccs1. The molecule has 4 rings (SSSR count). The second-order valence-corrected chi connectivity index (χ2v) is 8.62. The van der Waals surface area contributed by atoms with Crippen molar-refractivity contribution in [2.24, 2.45) is 0 Å². The van der Waals surface area contributed by atoms with Crippen LogP contribution in [0, 0.1) is 0 Å². The Labute approximate surface area is 171 Å². The van der Waals surface area contributed by atoms with Crippen molar-refractivity contribution in [2.45, 2.75) is 30.8 Å². The van der Waals surface area contributed by atoms with Crippen LogP contribution in [0.15, 0.2) is 21.4 Å². The molecular formula is C18H23N5O3S2. The highest BCUT2D eigenvalue weighted by molar-refractivity contribution is 8.00. The van der Waals surface area contributed by atoms with Crippen LogP contribution in [0.5, 0.6) is 0 Å². The van der Waals surface area contributed by atoms with Crippen LogP contribution in [0.1, 0.15) is 17.7 Å². The molecule has 1 N–H and O–H groups in total. The Morgan fingerprint density at radius 3 is 2.93 bits per heavy atom. The number of hydrogen-bond acceptors (Lipinski definition) is 8. The Kier molecular flexibility index (Phi) is 6.40. The summed E-state index contributed by atoms with van der Waals surface area (Å²) in [6, 6.07) is 0. The van der Waals surface area contributed by atoms with Crippen LogP contribution in [0.4, 0.5) is 5.13 Å². The molecule has 0 unspecified atom stereocenters. The Morgan fingerprint density at radius 1 is 1.29 bits per heavy atom. The van der Waals surface area contributed by atoms with Gasteiger partial charge < -0.3 is 10.1 Å². The van der Waals surface area contributed by atoms with Gasteiger partial charge in [-0.05, 0) is 19.3 Å². The Balaban J connectivity index is 1.42. The van der Waals surface area contributed by atoms with E-state index < -0.39 is 0 Å². The Morgan fingerprint density at radius 2 is 2.14 bits per heavy atom. The molecule has 0 saturated carbocycles. The quantitative estimate of drug-likeness (QED) is 0.532. The number of carbonyl (C=O) groups excluding carboxylic acids is 1. The summed E-state index contributed by atoms with van der Waals surface area (Å²) in [5, 5.41) is 5.87. The summed E-state index contributed by atoms with van der Waals surface area (Å²) in [7, 11) is 0. The van der Waals surface area contributed by atoms with Crippen molar-refractivity contribution in [3.05, 3.63) is 33.3 Å². The minimum Gasteiger partial charge on any atom is -0.379 e. The van der Waals surface area contributed by atoms with E-state index in [1.165, 1.54) is 23.1 Å². The van der Waals surface area contributed by atoms with Crippen molar-refractivity contribution >= 4 is 34.1 Å². The van der Waals surface area contributed by atoms with Gasteiger partial charge in [-0.2, -0.15) is 4.98 Å². The number of nitrogens with one attached hydrogen (secondary N) is 1. The minimum absolute atomic E-state index is 0.134. The topological polar surface area (TPSA) is 89.4 Å². The van der Waals surface area contributed by atoms with Crippen molar-refractivity contribution in [1.82, 2.24) is 19.4 Å². The highest BCUT2D eigenvalue weighted by Crippen LogP contribution is 2.29. The van der Waals surface area contributed by atoms with Gasteiger partial charge in [0.15, 0.2) is 5.13 Å². The van der Waals surface area contributed by atoms with Crippen LogP contribution in [0.2, 0.25) is 0 Å². The maximum Gasteiger partial charge on any atom is 0.348 e. The molecule has 2 aliphatic rings. The molecule has 3 heterocycles. The number of thiazole rings is 1. The van der Waals surface area contributed by atoms with Crippen LogP contribution in [0.3, 0.4) is 0 Å². The first kappa shape index (κ1) is 19.6. The third-order valence-electron chi connectivity index (χ3n) is 4.96. The number of fused-ring (bicyclic) bond motifs is 1. The monoisotopic (exact) mass is 421 g/mol. The summed E-state index contributed by atoms with van der Waals surface area (Å²) >= 11 is 2.72. The predicted octanol–water partition coefficient (Wildman–Crippen LogP) is 1.25. The summed E-state index contributed by atoms with van der Waals surface area (Å²) in [6.07, 6.45) is 4.49. The third kappa shape index (κ3) is 4.62. The zero-order valence-corrected chi connectivity index (χ0v) is 17.2. The molecule has 0 aromatic carbocycles. The zero-order chi connectivity index (χ0) is 19.3. The van der Waals surface area contributed by atoms with E-state index in [0.717, 1.165) is 63.4 Å². The number of ether oxygens (including phenoxy) is 1. The number of carbonyl (C=O) groups is 1. The summed E-state index contributed by atoms with van der Waals surface area (Å²) in [6.45, 7) is 4.82. The third-order valence-corrected chi connectivity index (χ3v) is 6.67. The van der Waals surface area contributed by atoms with E-state index in [1.54, 1.807) is 6.20 Å². The maximum absolute atomic E-state index is 12.7. The van der Waals surface area contributed by atoms with Crippen LogP contribution in [-0.2, 0) is 28.9 Å². The van der Waals surface area contributed by atoms with E-state index in [1.807, 2.05) is 9.95 Å². The van der Waals surface area contributed by atoms with Crippen molar-refractivity contribution in [3.63, 3.8) is 0 Å². The van der Waals surface area contributed by atoms with E-state index in [-0.39, 0.29) is 17.3 Å². The summed E-state index contributed by atoms with van der Waals surface area (Å²) in [5.41, 5.74) is 2.02. The van der Waals surface area contributed by atoms with Crippen LogP contribution in [-0.4, -0.2) is 63.9 Å². The predicted molar refractivity (Wildman–Crippen MR) is 109 cm³/mol. The van der Waals surface area contributed by atoms with E-state index in [0.29, 0.717) is 16.7 Å². The molecule has 2 aromatic heterocycles. The van der Waals surface area contributed by atoms with Gasteiger partial charge in [0.05, 0.1) is 19.0 Å². The number of morpholine rings is 1. The average Bonchev–Trinajstić information content (AvgIpc) is 3.38. The van der Waals surface area contributed by atoms with Crippen molar-refractivity contribution in [1.29, 1.82) is 0 Å². The molecule has 150 valence electrons. The zero-order valence-electron chi connectivity index (χ0n) is 15.6. The summed E-state index contributed by atoms with van der Waals surface area (Å²) in [4.78, 5) is 35.5. The van der Waals surface area contributed by atoms with Gasteiger partial charge in [-0.15, -0.1) is 11.3 Å². The largest absolute Gasteiger partial charge is 0.379 e. The second-order valence-electron chi connectivity index (χ2n) is 6.76. The van der Waals surface area contributed by atoms with Gasteiger partial charge in [-0.3, -0.25) is 14.3 Å². The van der Waals surface area contributed by atoms with Gasteiger partial charge in [0.1, 0.15) is 5.03 Å². The maximum atomic E-state index is 12.7. The van der Waals surface area contributed by atoms with E-state index in [9.17, 15) is 9.59 Å². The lowest BCUT2D eigenvalue weighted by Gasteiger charge is -2.27. The van der Waals surface area contributed by atoms with Gasteiger partial charge >= 0.3 is 5.69 Å². The molecular weight excluding hydrogens is 398 g/mol. The number of thioether (sulfide) groups is 1. The minimum atomic E-state index is -0.211. The lowest BCUT2D eigenvalue weighted by atomic mass is 10.2. The standard InChI is InChI=1S/C18H23N5O3S2/c24-15(20-17-19-4-11-27-17)12-28-16-13-2-1-3-14(13)23(18(25)21-16)6-5-22-7-9-26-10-8-22/h4,11H,1-3,5-10,12H2,(H,19,20,24). The fourth-order valence-corrected chi connectivity index (χ4v) is 5.00. The van der Waals surface area contributed by atoms with Gasteiger partial charge in [0, 0.05) is 49.0 Å². The molecule has 10 heteroatoms. The summed E-state index contributed by atoms with van der Waals surface area (Å²) < 4.78 is 7.21. The van der Waals surface area contributed by atoms with Crippen molar-refractivity contribution < 1.29 is 9.53 Å². The molecule has 1 aliphatic carbocycles. The second kappa shape index (κ2) is 9.17. The van der Waals surface area contributed by atoms with Crippen LogP contribution >= 0.6 is 23.1 Å². The summed E-state index contributed by atoms with van der Waals surface area (Å²) in [5.74, 6) is 0.0842. The highest BCUT2D eigenvalue weighted by Gasteiger charge is 2.23.